The van der Waals surface area contributed by atoms with Gasteiger partial charge in [0.2, 0.25) is 0 Å². The van der Waals surface area contributed by atoms with Gasteiger partial charge in [-0.05, 0) is 25.1 Å². The molecular formula is C12H12F3NO3S. The van der Waals surface area contributed by atoms with Crippen molar-refractivity contribution < 1.29 is 26.7 Å². The monoisotopic (exact) mass is 307 g/mol. The Labute approximate surface area is 113 Å². The molecule has 110 valence electrons. The summed E-state index contributed by atoms with van der Waals surface area (Å²) in [5.74, 6) is 0. The van der Waals surface area contributed by atoms with Crippen molar-refractivity contribution in [2.75, 3.05) is 6.26 Å². The fourth-order valence-electron chi connectivity index (χ4n) is 1.89. The number of benzene rings is 1. The van der Waals surface area contributed by atoms with Crippen LogP contribution in [-0.2, 0) is 15.4 Å². The largest absolute Gasteiger partial charge is 0.421 e. The summed E-state index contributed by atoms with van der Waals surface area (Å²) in [6.07, 6.45) is -2.88. The Morgan fingerprint density at radius 2 is 1.85 bits per heavy atom. The van der Waals surface area contributed by atoms with Gasteiger partial charge in [-0.2, -0.15) is 13.2 Å². The predicted octanol–water partition coefficient (Wildman–Crippen LogP) is 2.34. The van der Waals surface area contributed by atoms with E-state index < -0.39 is 27.2 Å². The van der Waals surface area contributed by atoms with Crippen LogP contribution in [0.4, 0.5) is 13.2 Å². The second-order valence-corrected chi connectivity index (χ2v) is 6.77. The van der Waals surface area contributed by atoms with Crippen LogP contribution in [0.25, 0.3) is 10.9 Å². The quantitative estimate of drug-likeness (QED) is 0.894. The Hall–Kier alpha value is -1.54. The molecule has 0 bridgehead atoms. The Kier molecular flexibility index (Phi) is 3.14. The van der Waals surface area contributed by atoms with Crippen molar-refractivity contribution in [3.8, 4) is 0 Å². The molecule has 0 aliphatic heterocycles. The highest BCUT2D eigenvalue weighted by molar-refractivity contribution is 7.90. The molecule has 1 heterocycles. The zero-order valence-corrected chi connectivity index (χ0v) is 11.4. The van der Waals surface area contributed by atoms with Gasteiger partial charge in [0.15, 0.2) is 15.4 Å². The van der Waals surface area contributed by atoms with Crippen molar-refractivity contribution in [3.05, 3.63) is 30.0 Å². The van der Waals surface area contributed by atoms with E-state index in [1.807, 2.05) is 0 Å². The molecule has 1 unspecified atom stereocenters. The molecule has 2 N–H and O–H groups in total. The van der Waals surface area contributed by atoms with E-state index in [4.69, 9.17) is 0 Å². The van der Waals surface area contributed by atoms with Gasteiger partial charge in [0.05, 0.1) is 4.90 Å². The van der Waals surface area contributed by atoms with Crippen molar-refractivity contribution in [1.29, 1.82) is 0 Å². The van der Waals surface area contributed by atoms with Crippen LogP contribution in [0.5, 0.6) is 0 Å². The summed E-state index contributed by atoms with van der Waals surface area (Å²) < 4.78 is 61.6. The molecule has 0 aliphatic carbocycles. The van der Waals surface area contributed by atoms with Crippen molar-refractivity contribution in [2.45, 2.75) is 23.6 Å². The van der Waals surface area contributed by atoms with Gasteiger partial charge in [-0.25, -0.2) is 8.42 Å². The molecule has 1 aromatic heterocycles. The fourth-order valence-corrected chi connectivity index (χ4v) is 2.53. The number of H-pyrrole nitrogens is 1. The van der Waals surface area contributed by atoms with Crippen LogP contribution in [0, 0.1) is 0 Å². The molecule has 1 aromatic carbocycles. The summed E-state index contributed by atoms with van der Waals surface area (Å²) in [5, 5.41) is 9.73. The second kappa shape index (κ2) is 4.23. The molecule has 0 amide bonds. The molecule has 2 aromatic rings. The van der Waals surface area contributed by atoms with Crippen LogP contribution in [0.3, 0.4) is 0 Å². The van der Waals surface area contributed by atoms with Crippen molar-refractivity contribution >= 4 is 20.7 Å². The normalized spacial score (nSPS) is 16.3. The number of aliphatic hydroxyl groups is 1. The standard InChI is InChI=1S/C12H12F3NO3S/c1-11(17,12(13,14)15)9-6-16-10-4-3-7(5-8(9)10)20(2,18)19/h3-6,16-17H,1-2H3. The predicted molar refractivity (Wildman–Crippen MR) is 67.0 cm³/mol. The molecule has 8 heteroatoms. The highest BCUT2D eigenvalue weighted by atomic mass is 32.2. The molecule has 1 atom stereocenters. The van der Waals surface area contributed by atoms with E-state index in [-0.39, 0.29) is 10.3 Å². The van der Waals surface area contributed by atoms with E-state index in [1.165, 1.54) is 12.1 Å². The van der Waals surface area contributed by atoms with Crippen molar-refractivity contribution in [3.63, 3.8) is 0 Å². The first-order chi connectivity index (χ1) is 8.94. The minimum absolute atomic E-state index is 0.0234. The number of hydrogen-bond acceptors (Lipinski definition) is 3. The van der Waals surface area contributed by atoms with Gasteiger partial charge in [0.25, 0.3) is 0 Å². The zero-order chi connectivity index (χ0) is 15.3. The molecule has 4 nitrogen and oxygen atoms in total. The Bertz CT molecular complexity index is 760. The molecule has 0 fully saturated rings. The van der Waals surface area contributed by atoms with E-state index in [1.54, 1.807) is 0 Å². The highest BCUT2D eigenvalue weighted by Gasteiger charge is 2.52. The second-order valence-electron chi connectivity index (χ2n) is 4.75. The van der Waals surface area contributed by atoms with Gasteiger partial charge in [-0.15, -0.1) is 0 Å². The Morgan fingerprint density at radius 3 is 2.35 bits per heavy atom. The van der Waals surface area contributed by atoms with Gasteiger partial charge in [-0.3, -0.25) is 0 Å². The summed E-state index contributed by atoms with van der Waals surface area (Å²) in [7, 11) is -3.55. The number of aromatic amines is 1. The van der Waals surface area contributed by atoms with Gasteiger partial charge >= 0.3 is 6.18 Å². The maximum absolute atomic E-state index is 12.9. The number of alkyl halides is 3. The molecule has 0 saturated heterocycles. The van der Waals surface area contributed by atoms with Crippen LogP contribution in [-0.4, -0.2) is 30.9 Å². The van der Waals surface area contributed by atoms with Crippen molar-refractivity contribution in [1.82, 2.24) is 4.98 Å². The lowest BCUT2D eigenvalue weighted by Gasteiger charge is -2.25. The SMILES string of the molecule is CC(O)(c1c[nH]c2ccc(S(C)(=O)=O)cc12)C(F)(F)F. The van der Waals surface area contributed by atoms with E-state index in [0.717, 1.165) is 18.5 Å². The lowest BCUT2D eigenvalue weighted by Crippen LogP contribution is -2.39. The van der Waals surface area contributed by atoms with E-state index >= 15 is 0 Å². The lowest BCUT2D eigenvalue weighted by molar-refractivity contribution is -0.258. The summed E-state index contributed by atoms with van der Waals surface area (Å²) in [6, 6.07) is 3.78. The first kappa shape index (κ1) is 14.9. The summed E-state index contributed by atoms with van der Waals surface area (Å²) >= 11 is 0. The summed E-state index contributed by atoms with van der Waals surface area (Å²) in [4.78, 5) is 2.48. The average Bonchev–Trinajstić information content (AvgIpc) is 2.68. The minimum atomic E-state index is -4.87. The molecule has 0 spiro atoms. The number of halogens is 3. The number of fused-ring (bicyclic) bond motifs is 1. The van der Waals surface area contributed by atoms with Gasteiger partial charge < -0.3 is 10.1 Å². The van der Waals surface area contributed by atoms with Crippen LogP contribution in [0.15, 0.2) is 29.3 Å². The third-order valence-corrected chi connectivity index (χ3v) is 4.27. The topological polar surface area (TPSA) is 70.2 Å². The smallest absolute Gasteiger partial charge is 0.376 e. The molecule has 0 aliphatic rings. The van der Waals surface area contributed by atoms with Crippen molar-refractivity contribution in [2.24, 2.45) is 0 Å². The number of nitrogens with one attached hydrogen (secondary N) is 1. The molecular weight excluding hydrogens is 295 g/mol. The Morgan fingerprint density at radius 1 is 1.25 bits per heavy atom. The van der Waals surface area contributed by atoms with Crippen LogP contribution in [0.1, 0.15) is 12.5 Å². The van der Waals surface area contributed by atoms with Gasteiger partial charge in [-0.1, -0.05) is 0 Å². The van der Waals surface area contributed by atoms with Crippen LogP contribution >= 0.6 is 0 Å². The average molecular weight is 307 g/mol. The van der Waals surface area contributed by atoms with Gasteiger partial charge in [0, 0.05) is 28.9 Å². The zero-order valence-electron chi connectivity index (χ0n) is 10.6. The first-order valence-corrected chi connectivity index (χ1v) is 7.44. The van der Waals surface area contributed by atoms with Crippen LogP contribution < -0.4 is 0 Å². The first-order valence-electron chi connectivity index (χ1n) is 5.55. The third-order valence-electron chi connectivity index (χ3n) is 3.16. The molecule has 0 saturated carbocycles. The maximum Gasteiger partial charge on any atom is 0.421 e. The number of aromatic nitrogens is 1. The van der Waals surface area contributed by atoms with E-state index in [9.17, 15) is 26.7 Å². The molecule has 2 rings (SSSR count). The molecule has 20 heavy (non-hydrogen) atoms. The van der Waals surface area contributed by atoms with E-state index in [0.29, 0.717) is 12.4 Å². The van der Waals surface area contributed by atoms with E-state index in [2.05, 4.69) is 4.98 Å². The third kappa shape index (κ3) is 2.29. The minimum Gasteiger partial charge on any atom is -0.376 e. The lowest BCUT2D eigenvalue weighted by atomic mass is 9.95. The maximum atomic E-state index is 12.9. The number of rotatable bonds is 2. The Balaban J connectivity index is 2.74. The fraction of sp³-hybridized carbons (Fsp3) is 0.333. The summed E-state index contributed by atoms with van der Waals surface area (Å²) in [5.41, 5.74) is -3.16. The summed E-state index contributed by atoms with van der Waals surface area (Å²) in [6.45, 7) is 0.628. The van der Waals surface area contributed by atoms with Gasteiger partial charge in [0.1, 0.15) is 0 Å². The number of sulfone groups is 1. The molecule has 0 radical (unpaired) electrons. The highest BCUT2D eigenvalue weighted by Crippen LogP contribution is 2.41. The number of hydrogen-bond donors (Lipinski definition) is 2. The van der Waals surface area contributed by atoms with Crippen LogP contribution in [0.2, 0.25) is 0 Å².